The second kappa shape index (κ2) is 18.1. The number of carbonyl (C=O) groups excluding carboxylic acids is 5. The van der Waals surface area contributed by atoms with E-state index >= 15 is 0 Å². The fourth-order valence-electron chi connectivity index (χ4n) is 6.19. The summed E-state index contributed by atoms with van der Waals surface area (Å²) in [4.78, 5) is 65.1. The summed E-state index contributed by atoms with van der Waals surface area (Å²) in [5, 5.41) is 5.56. The maximum absolute atomic E-state index is 14.6. The van der Waals surface area contributed by atoms with Gasteiger partial charge in [-0.15, -0.1) is 0 Å². The van der Waals surface area contributed by atoms with Crippen LogP contribution in [-0.4, -0.2) is 86.5 Å². The first kappa shape index (κ1) is 41.8. The summed E-state index contributed by atoms with van der Waals surface area (Å²) in [6, 6.07) is 10.6. The van der Waals surface area contributed by atoms with Crippen LogP contribution in [0.1, 0.15) is 37.8 Å². The van der Waals surface area contributed by atoms with E-state index < -0.39 is 121 Å². The first-order valence-corrected chi connectivity index (χ1v) is 16.8. The number of azide groups is 1. The van der Waals surface area contributed by atoms with Gasteiger partial charge in [0.15, 0.2) is 24.5 Å². The Hall–Kier alpha value is -6.31. The molecule has 1 aliphatic carbocycles. The highest BCUT2D eigenvalue weighted by atomic mass is 19.2. The largest absolute Gasteiger partial charge is 0.463 e. The van der Waals surface area contributed by atoms with Gasteiger partial charge >= 0.3 is 30.0 Å². The number of alkyl carbamates (subject to hydrolysis) is 1. The number of carbonyl (C=O) groups is 5. The molecule has 0 radical (unpaired) electrons. The van der Waals surface area contributed by atoms with Crippen molar-refractivity contribution in [1.82, 2.24) is 5.32 Å². The number of amides is 1. The zero-order chi connectivity index (χ0) is 41.6. The number of rotatable bonds is 13. The van der Waals surface area contributed by atoms with Gasteiger partial charge in [-0.2, -0.15) is 8.78 Å². The van der Waals surface area contributed by atoms with E-state index in [0.29, 0.717) is 0 Å². The van der Waals surface area contributed by atoms with Gasteiger partial charge in [0.05, 0.1) is 6.61 Å². The van der Waals surface area contributed by atoms with Crippen molar-refractivity contribution in [3.63, 3.8) is 0 Å². The highest BCUT2D eigenvalue weighted by Crippen LogP contribution is 2.44. The first-order chi connectivity index (χ1) is 27.1. The topological polar surface area (TPSA) is 211 Å². The molecule has 16 nitrogen and oxygen atoms in total. The summed E-state index contributed by atoms with van der Waals surface area (Å²) in [6.45, 7) is 0.829. The van der Waals surface area contributed by atoms with Crippen LogP contribution >= 0.6 is 0 Å². The highest BCUT2D eigenvalue weighted by molar-refractivity contribution is 5.83. The standard InChI is InChI=1S/C36H31F5N4O12/c1-15(46)51-14-24-31(54-16(2)47)33(55-17(3)48)30(44-45-42)35(56-24)52-13-23(34(49)57-32-28(40)26(38)25(37)27(39)29(32)41)43-36(50)53-12-22-20-10-6-4-8-18(20)19-9-5-7-11-21(19)22/h4-11,22-24,30-31,33,35H,12-14H2,1-3H3,(H,43,50)/t23-,24+,30+,31-,33+,35+/m0/s1. The molecule has 1 aliphatic heterocycles. The van der Waals surface area contributed by atoms with Gasteiger partial charge in [-0.3, -0.25) is 14.4 Å². The molecule has 302 valence electrons. The van der Waals surface area contributed by atoms with Crippen molar-refractivity contribution in [2.75, 3.05) is 19.8 Å². The monoisotopic (exact) mass is 806 g/mol. The molecule has 6 atom stereocenters. The predicted molar refractivity (Wildman–Crippen MR) is 179 cm³/mol. The molecule has 0 aromatic heterocycles. The van der Waals surface area contributed by atoms with E-state index in [0.717, 1.165) is 43.0 Å². The van der Waals surface area contributed by atoms with Gasteiger partial charge in [-0.1, -0.05) is 53.6 Å². The Morgan fingerprint density at radius 2 is 1.32 bits per heavy atom. The maximum atomic E-state index is 14.6. The van der Waals surface area contributed by atoms with Gasteiger partial charge in [0.1, 0.15) is 25.4 Å². The lowest BCUT2D eigenvalue weighted by Crippen LogP contribution is -2.61. The fourth-order valence-corrected chi connectivity index (χ4v) is 6.19. The van der Waals surface area contributed by atoms with Gasteiger partial charge in [0.25, 0.3) is 0 Å². The molecule has 1 saturated heterocycles. The molecule has 0 unspecified atom stereocenters. The molecular weight excluding hydrogens is 775 g/mol. The van der Waals surface area contributed by atoms with Gasteiger partial charge in [0, 0.05) is 31.6 Å². The summed E-state index contributed by atoms with van der Waals surface area (Å²) in [5.41, 5.74) is 12.7. The van der Waals surface area contributed by atoms with Gasteiger partial charge in [-0.05, 0) is 27.8 Å². The third-order valence-electron chi connectivity index (χ3n) is 8.57. The molecule has 21 heteroatoms. The number of hydrogen-bond acceptors (Lipinski definition) is 13. The maximum Gasteiger partial charge on any atom is 0.407 e. The smallest absolute Gasteiger partial charge is 0.407 e. The normalized spacial score (nSPS) is 20.2. The van der Waals surface area contributed by atoms with Crippen LogP contribution in [0.5, 0.6) is 5.75 Å². The molecule has 5 rings (SSSR count). The number of nitrogens with one attached hydrogen (secondary N) is 1. The Balaban J connectivity index is 1.43. The molecule has 1 N–H and O–H groups in total. The number of halogens is 5. The van der Waals surface area contributed by atoms with Gasteiger partial charge in [0.2, 0.25) is 34.8 Å². The van der Waals surface area contributed by atoms with E-state index in [-0.39, 0.29) is 6.61 Å². The van der Waals surface area contributed by atoms with Crippen LogP contribution in [0.4, 0.5) is 26.7 Å². The third-order valence-corrected chi connectivity index (χ3v) is 8.57. The van der Waals surface area contributed by atoms with Crippen molar-refractivity contribution in [3.8, 4) is 16.9 Å². The molecule has 2 aliphatic rings. The number of nitrogens with zero attached hydrogens (tertiary/aromatic N) is 3. The lowest BCUT2D eigenvalue weighted by Gasteiger charge is -2.43. The molecular formula is C36H31F5N4O12. The minimum absolute atomic E-state index is 0.315. The zero-order valence-corrected chi connectivity index (χ0v) is 29.9. The van der Waals surface area contributed by atoms with Crippen LogP contribution in [0, 0.1) is 29.1 Å². The van der Waals surface area contributed by atoms with Crippen LogP contribution in [0.2, 0.25) is 0 Å². The Morgan fingerprint density at radius 3 is 1.86 bits per heavy atom. The minimum atomic E-state index is -2.54. The Morgan fingerprint density at radius 1 is 0.772 bits per heavy atom. The van der Waals surface area contributed by atoms with Gasteiger partial charge in [-0.25, -0.2) is 22.8 Å². The number of fused-ring (bicyclic) bond motifs is 3. The molecule has 57 heavy (non-hydrogen) atoms. The fraction of sp³-hybridized carbons (Fsp3) is 0.361. The summed E-state index contributed by atoms with van der Waals surface area (Å²) >= 11 is 0. The average Bonchev–Trinajstić information content (AvgIpc) is 3.49. The number of esters is 4. The van der Waals surface area contributed by atoms with Crippen molar-refractivity contribution < 1.29 is 79.1 Å². The van der Waals surface area contributed by atoms with Crippen LogP contribution in [0.3, 0.4) is 0 Å². The molecule has 3 aromatic carbocycles. The van der Waals surface area contributed by atoms with Crippen molar-refractivity contribution >= 4 is 30.0 Å². The summed E-state index contributed by atoms with van der Waals surface area (Å²) in [6.07, 6.45) is -8.06. The Labute approximate surface area is 318 Å². The Bertz CT molecular complexity index is 2040. The zero-order valence-electron chi connectivity index (χ0n) is 29.9. The lowest BCUT2D eigenvalue weighted by atomic mass is 9.96. The van der Waals surface area contributed by atoms with Crippen LogP contribution in [-0.2, 0) is 47.6 Å². The van der Waals surface area contributed by atoms with E-state index in [9.17, 15) is 51.5 Å². The summed E-state index contributed by atoms with van der Waals surface area (Å²) < 4.78 is 108. The summed E-state index contributed by atoms with van der Waals surface area (Å²) in [7, 11) is 0. The van der Waals surface area contributed by atoms with E-state index in [1.54, 1.807) is 12.1 Å². The summed E-state index contributed by atoms with van der Waals surface area (Å²) in [5.74, 6) is -19.6. The van der Waals surface area contributed by atoms with E-state index in [1.807, 2.05) is 36.4 Å². The van der Waals surface area contributed by atoms with Crippen molar-refractivity contribution in [1.29, 1.82) is 0 Å². The lowest BCUT2D eigenvalue weighted by molar-refractivity contribution is -0.274. The molecule has 1 fully saturated rings. The number of ether oxygens (including phenoxy) is 7. The first-order valence-electron chi connectivity index (χ1n) is 16.8. The molecule has 0 spiro atoms. The van der Waals surface area contributed by atoms with E-state index in [4.69, 9.17) is 28.4 Å². The van der Waals surface area contributed by atoms with E-state index in [1.165, 1.54) is 0 Å². The predicted octanol–water partition coefficient (Wildman–Crippen LogP) is 5.04. The van der Waals surface area contributed by atoms with Crippen molar-refractivity contribution in [2.45, 2.75) is 63.4 Å². The molecule has 1 heterocycles. The average molecular weight is 807 g/mol. The minimum Gasteiger partial charge on any atom is -0.463 e. The quantitative estimate of drug-likeness (QED) is 0.0277. The van der Waals surface area contributed by atoms with Crippen LogP contribution in [0.15, 0.2) is 53.6 Å². The third kappa shape index (κ3) is 9.39. The highest BCUT2D eigenvalue weighted by Gasteiger charge is 2.51. The van der Waals surface area contributed by atoms with Crippen molar-refractivity contribution in [3.05, 3.63) is 99.2 Å². The van der Waals surface area contributed by atoms with Crippen LogP contribution in [0.25, 0.3) is 21.6 Å². The molecule has 0 bridgehead atoms. The molecule has 0 saturated carbocycles. The SMILES string of the molecule is CC(=O)OC[C@H]1O[C@@H](OC[C@H](NC(=O)OCC2c3ccccc3-c3ccccc32)C(=O)Oc2c(F)c(F)c(F)c(F)c2F)[C@H](N=[N+]=[N-])[C@@H](OC(C)=O)[C@H]1OC(C)=O. The second-order valence-corrected chi connectivity index (χ2v) is 12.4. The Kier molecular flexibility index (Phi) is 13.3. The number of benzene rings is 3. The number of hydrogen-bond donors (Lipinski definition) is 1. The molecule has 1 amide bonds. The van der Waals surface area contributed by atoms with Crippen molar-refractivity contribution in [2.24, 2.45) is 5.11 Å². The molecule has 3 aromatic rings. The van der Waals surface area contributed by atoms with Gasteiger partial charge < -0.3 is 38.5 Å². The van der Waals surface area contributed by atoms with Crippen LogP contribution < -0.4 is 10.1 Å². The second-order valence-electron chi connectivity index (χ2n) is 12.4. The van der Waals surface area contributed by atoms with E-state index in [2.05, 4.69) is 20.1 Å².